The van der Waals surface area contributed by atoms with Crippen molar-refractivity contribution in [1.29, 1.82) is 0 Å². The van der Waals surface area contributed by atoms with Crippen LogP contribution < -0.4 is 15.4 Å². The predicted molar refractivity (Wildman–Crippen MR) is 130 cm³/mol. The summed E-state index contributed by atoms with van der Waals surface area (Å²) in [6.45, 7) is 1.75. The summed E-state index contributed by atoms with van der Waals surface area (Å²) in [5.41, 5.74) is 2.98. The van der Waals surface area contributed by atoms with E-state index in [0.717, 1.165) is 34.9 Å². The number of hydrogen-bond acceptors (Lipinski definition) is 4. The molecule has 0 saturated carbocycles. The van der Waals surface area contributed by atoms with E-state index in [1.54, 1.807) is 31.3 Å². The minimum Gasteiger partial charge on any atom is -0.405 e. The van der Waals surface area contributed by atoms with Crippen LogP contribution in [-0.4, -0.2) is 23.2 Å². The number of aryl methyl sites for hydroxylation is 1. The first-order valence-electron chi connectivity index (χ1n) is 10.8. The Balaban J connectivity index is 1.57. The van der Waals surface area contributed by atoms with Gasteiger partial charge in [-0.3, -0.25) is 14.6 Å². The molecule has 2 amide bonds. The van der Waals surface area contributed by atoms with Crippen molar-refractivity contribution in [2.24, 2.45) is 0 Å². The third kappa shape index (κ3) is 6.26. The van der Waals surface area contributed by atoms with E-state index in [-0.39, 0.29) is 11.3 Å². The highest BCUT2D eigenvalue weighted by Crippen LogP contribution is 2.29. The summed E-state index contributed by atoms with van der Waals surface area (Å²) in [4.78, 5) is 29.6. The van der Waals surface area contributed by atoms with Gasteiger partial charge in [-0.2, -0.15) is 0 Å². The summed E-state index contributed by atoms with van der Waals surface area (Å²) < 4.78 is 42.8. The number of alkyl halides is 3. The summed E-state index contributed by atoms with van der Waals surface area (Å²) in [5, 5.41) is 5.17. The zero-order valence-electron chi connectivity index (χ0n) is 19.0. The van der Waals surface area contributed by atoms with Crippen molar-refractivity contribution >= 4 is 23.2 Å². The fraction of sp³-hybridized carbons (Fsp3) is 0.0741. The standard InChI is InChI=1S/C27H20F3N3O3/c1-17-13-22(16-31-15-17)33-26(35)23-14-20(9-12-24(23)36-27(28,29)30)25(34)32-21-10-7-19(8-11-21)18-5-3-2-4-6-18/h2-16H,1H3,(H,32,34)(H,33,35). The van der Waals surface area contributed by atoms with Gasteiger partial charge in [-0.25, -0.2) is 0 Å². The van der Waals surface area contributed by atoms with Crippen molar-refractivity contribution in [1.82, 2.24) is 4.98 Å². The maximum atomic E-state index is 12.9. The van der Waals surface area contributed by atoms with Gasteiger partial charge < -0.3 is 15.4 Å². The lowest BCUT2D eigenvalue weighted by molar-refractivity contribution is -0.274. The lowest BCUT2D eigenvalue weighted by Gasteiger charge is -2.15. The number of amides is 2. The van der Waals surface area contributed by atoms with Crippen LogP contribution in [0.25, 0.3) is 11.1 Å². The van der Waals surface area contributed by atoms with Gasteiger partial charge in [0.2, 0.25) is 0 Å². The number of pyridine rings is 1. The average molecular weight is 491 g/mol. The third-order valence-corrected chi connectivity index (χ3v) is 5.09. The molecule has 0 bridgehead atoms. The van der Waals surface area contributed by atoms with Gasteiger partial charge >= 0.3 is 6.36 Å². The number of benzene rings is 3. The fourth-order valence-corrected chi connectivity index (χ4v) is 3.46. The highest BCUT2D eigenvalue weighted by Gasteiger charge is 2.33. The number of aromatic nitrogens is 1. The van der Waals surface area contributed by atoms with Crippen molar-refractivity contribution in [2.75, 3.05) is 10.6 Å². The molecule has 0 unspecified atom stereocenters. The smallest absolute Gasteiger partial charge is 0.405 e. The number of carbonyl (C=O) groups is 2. The molecule has 0 aliphatic carbocycles. The van der Waals surface area contributed by atoms with Gasteiger partial charge in [0.15, 0.2) is 0 Å². The molecule has 0 radical (unpaired) electrons. The van der Waals surface area contributed by atoms with Gasteiger partial charge in [0.1, 0.15) is 5.75 Å². The zero-order chi connectivity index (χ0) is 25.7. The van der Waals surface area contributed by atoms with Crippen LogP contribution in [0.5, 0.6) is 5.75 Å². The summed E-state index contributed by atoms with van der Waals surface area (Å²) in [7, 11) is 0. The maximum absolute atomic E-state index is 12.9. The molecular formula is C27H20F3N3O3. The van der Waals surface area contributed by atoms with Gasteiger partial charge in [0, 0.05) is 17.4 Å². The Kier molecular flexibility index (Phi) is 7.00. The monoisotopic (exact) mass is 491 g/mol. The number of nitrogens with one attached hydrogen (secondary N) is 2. The Labute approximate surface area is 204 Å². The number of nitrogens with zero attached hydrogens (tertiary/aromatic N) is 1. The van der Waals surface area contributed by atoms with Crippen LogP contribution in [0.2, 0.25) is 0 Å². The van der Waals surface area contributed by atoms with Gasteiger partial charge in [-0.15, -0.1) is 13.2 Å². The molecular weight excluding hydrogens is 471 g/mol. The second-order valence-electron chi connectivity index (χ2n) is 7.86. The lowest BCUT2D eigenvalue weighted by atomic mass is 10.1. The molecule has 0 aliphatic heterocycles. The molecule has 9 heteroatoms. The number of carbonyl (C=O) groups excluding carboxylic acids is 2. The van der Waals surface area contributed by atoms with Gasteiger partial charge in [0.25, 0.3) is 11.8 Å². The molecule has 2 N–H and O–H groups in total. The molecule has 1 aromatic heterocycles. The van der Waals surface area contributed by atoms with Crippen LogP contribution in [0, 0.1) is 6.92 Å². The van der Waals surface area contributed by atoms with Crippen molar-refractivity contribution in [2.45, 2.75) is 13.3 Å². The van der Waals surface area contributed by atoms with E-state index in [9.17, 15) is 22.8 Å². The van der Waals surface area contributed by atoms with Crippen LogP contribution in [-0.2, 0) is 0 Å². The van der Waals surface area contributed by atoms with E-state index in [1.807, 2.05) is 42.5 Å². The molecule has 0 spiro atoms. The van der Waals surface area contributed by atoms with Crippen molar-refractivity contribution in [3.63, 3.8) is 0 Å². The Bertz CT molecular complexity index is 1390. The fourth-order valence-electron chi connectivity index (χ4n) is 3.46. The maximum Gasteiger partial charge on any atom is 0.573 e. The molecule has 0 aliphatic rings. The van der Waals surface area contributed by atoms with E-state index >= 15 is 0 Å². The van der Waals surface area contributed by atoms with Crippen LogP contribution >= 0.6 is 0 Å². The quantitative estimate of drug-likeness (QED) is 0.324. The highest BCUT2D eigenvalue weighted by molar-refractivity contribution is 6.10. The molecule has 0 saturated heterocycles. The number of halogens is 3. The normalized spacial score (nSPS) is 11.0. The Morgan fingerprint density at radius 3 is 2.11 bits per heavy atom. The van der Waals surface area contributed by atoms with Gasteiger partial charge in [0.05, 0.1) is 17.4 Å². The first-order valence-corrected chi connectivity index (χ1v) is 10.8. The molecule has 6 nitrogen and oxygen atoms in total. The molecule has 36 heavy (non-hydrogen) atoms. The Morgan fingerprint density at radius 1 is 0.778 bits per heavy atom. The lowest BCUT2D eigenvalue weighted by Crippen LogP contribution is -2.22. The predicted octanol–water partition coefficient (Wildman–Crippen LogP) is 6.46. The van der Waals surface area contributed by atoms with Crippen molar-refractivity contribution in [3.8, 4) is 16.9 Å². The topological polar surface area (TPSA) is 80.3 Å². The van der Waals surface area contributed by atoms with Crippen LogP contribution in [0.4, 0.5) is 24.5 Å². The summed E-state index contributed by atoms with van der Waals surface area (Å²) in [6, 6.07) is 21.5. The second kappa shape index (κ2) is 10.3. The second-order valence-corrected chi connectivity index (χ2v) is 7.86. The molecule has 182 valence electrons. The summed E-state index contributed by atoms with van der Waals surface area (Å²) >= 11 is 0. The van der Waals surface area contributed by atoms with Crippen LogP contribution in [0.15, 0.2) is 91.3 Å². The molecule has 0 atom stereocenters. The Morgan fingerprint density at radius 2 is 1.44 bits per heavy atom. The Hall–Kier alpha value is -4.66. The highest BCUT2D eigenvalue weighted by atomic mass is 19.4. The van der Waals surface area contributed by atoms with E-state index in [1.165, 1.54) is 6.20 Å². The third-order valence-electron chi connectivity index (χ3n) is 5.09. The molecule has 4 aromatic rings. The van der Waals surface area contributed by atoms with E-state index < -0.39 is 29.5 Å². The minimum atomic E-state index is -5.02. The van der Waals surface area contributed by atoms with Crippen LogP contribution in [0.1, 0.15) is 26.3 Å². The number of anilines is 2. The van der Waals surface area contributed by atoms with E-state index in [2.05, 4.69) is 20.4 Å². The number of rotatable bonds is 6. The summed E-state index contributed by atoms with van der Waals surface area (Å²) in [5.74, 6) is -2.22. The number of ether oxygens (including phenoxy) is 1. The van der Waals surface area contributed by atoms with E-state index in [4.69, 9.17) is 0 Å². The van der Waals surface area contributed by atoms with Gasteiger partial charge in [-0.05, 0) is 60.0 Å². The van der Waals surface area contributed by atoms with Crippen LogP contribution in [0.3, 0.4) is 0 Å². The SMILES string of the molecule is Cc1cncc(NC(=O)c2cc(C(=O)Nc3ccc(-c4ccccc4)cc3)ccc2OC(F)(F)F)c1. The molecule has 3 aromatic carbocycles. The van der Waals surface area contributed by atoms with E-state index in [0.29, 0.717) is 5.69 Å². The van der Waals surface area contributed by atoms with Crippen molar-refractivity contribution < 1.29 is 27.5 Å². The number of hydrogen-bond donors (Lipinski definition) is 2. The minimum absolute atomic E-state index is 0.0239. The van der Waals surface area contributed by atoms with Crippen molar-refractivity contribution in [3.05, 3.63) is 108 Å². The molecule has 0 fully saturated rings. The first kappa shape index (κ1) is 24.5. The largest absolute Gasteiger partial charge is 0.573 e. The first-order chi connectivity index (χ1) is 17.2. The van der Waals surface area contributed by atoms with Gasteiger partial charge in [-0.1, -0.05) is 42.5 Å². The zero-order valence-corrected chi connectivity index (χ0v) is 19.0. The summed E-state index contributed by atoms with van der Waals surface area (Å²) in [6.07, 6.45) is -2.11. The average Bonchev–Trinajstić information content (AvgIpc) is 2.84. The molecule has 1 heterocycles. The molecule has 4 rings (SSSR count).